The van der Waals surface area contributed by atoms with Gasteiger partial charge in [-0.2, -0.15) is 0 Å². The molecule has 8 aromatic carbocycles. The number of hydrogen-bond donors (Lipinski definition) is 4. The number of aliphatic carboxylic acids is 4. The summed E-state index contributed by atoms with van der Waals surface area (Å²) >= 11 is 2.56. The van der Waals surface area contributed by atoms with Gasteiger partial charge in [0, 0.05) is 71.0 Å². The predicted octanol–water partition coefficient (Wildman–Crippen LogP) is 20.6. The predicted molar refractivity (Wildman–Crippen MR) is 557 cm³/mol. The highest BCUT2D eigenvalue weighted by molar-refractivity contribution is 8.19. The third-order valence-corrected chi connectivity index (χ3v) is 32.8. The van der Waals surface area contributed by atoms with Crippen molar-refractivity contribution >= 4 is 195 Å². The lowest BCUT2D eigenvalue weighted by Crippen LogP contribution is -2.34. The van der Waals surface area contributed by atoms with Crippen LogP contribution in [0.3, 0.4) is 0 Å². The molecule has 13 aliphatic rings. The van der Waals surface area contributed by atoms with Gasteiger partial charge in [-0.15, -0.1) is 0 Å². The number of carbonyl (C=O) groups excluding carboxylic acids is 12. The lowest BCUT2D eigenvalue weighted by Gasteiger charge is -2.27. The lowest BCUT2D eigenvalue weighted by molar-refractivity contribution is -0.141. The summed E-state index contributed by atoms with van der Waals surface area (Å²) in [5.41, 5.74) is 12.0. The number of carboxylic acid groups (broad SMARTS) is 4. The van der Waals surface area contributed by atoms with Gasteiger partial charge < -0.3 is 40.0 Å². The van der Waals surface area contributed by atoms with Gasteiger partial charge in [0.05, 0.1) is 64.7 Å². The average molecular weight is 2020 g/mol. The fourth-order valence-corrected chi connectivity index (χ4v) is 25.3. The Bertz CT molecular complexity index is 6960. The summed E-state index contributed by atoms with van der Waals surface area (Å²) < 4.78 is 0. The number of nitrogens with zero attached hydrogens (tertiary/aromatic N) is 8. The first-order chi connectivity index (χ1) is 70.2. The Hall–Kier alpha value is -14.2. The smallest absolute Gasteiger partial charge is 0.323 e. The van der Waals surface area contributed by atoms with Crippen LogP contribution in [0.25, 0.3) is 55.3 Å². The van der Waals surface area contributed by atoms with Crippen LogP contribution >= 0.6 is 47.0 Å². The number of amides is 12. The molecule has 0 unspecified atom stereocenters. The van der Waals surface area contributed by atoms with Crippen LogP contribution in [0.4, 0.5) is 41.9 Å². The molecule has 145 heavy (non-hydrogen) atoms. The van der Waals surface area contributed by atoms with Gasteiger partial charge in [-0.3, -0.25) is 96.3 Å². The number of anilines is 4. The van der Waals surface area contributed by atoms with Gasteiger partial charge >= 0.3 is 23.9 Å². The fourth-order valence-electron chi connectivity index (χ4n) is 21.5. The molecule has 21 rings (SSSR count). The molecule has 0 spiro atoms. The molecule has 4 saturated heterocycles. The maximum Gasteiger partial charge on any atom is 0.323 e. The molecule has 0 bridgehead atoms. The third kappa shape index (κ3) is 22.2. The molecule has 12 amide bonds. The van der Waals surface area contributed by atoms with Crippen LogP contribution in [0.15, 0.2) is 196 Å². The zero-order valence-corrected chi connectivity index (χ0v) is 83.0. The van der Waals surface area contributed by atoms with E-state index in [1.807, 2.05) is 152 Å². The standard InChI is InChI=1S/C30H26N2O5S.C28H30N2O5S.C28H24N2O5S.C27H26N2O5S/c33-25(34)17-32-29(36)27(38-30(32)37)26-23-15-22(21-11-10-19-8-4-5-9-20(19)14-21)12-13-24(23)31(28(26)35)16-18-6-2-1-3-7-18;2*31-23(32)17-30-27(34)25(36-28(30)35)24-21-15-19(12-11-18-7-3-1-4-8-18)13-14-22(21)29(26(24)33)16-20-9-5-2-6-10-20;30-22(31)16-29-26(33)24(35-27(29)34)23-20-15-19(18-9-5-2-6-10-18)11-12-21(20)28(25(23)32)14-13-17-7-3-1-4-8-17/h4-5,8-15,18H,1-3,6-7,16-17H2,(H,33,34);13-15,18,20H,1-10,16-17H2,(H,31,32);1,3-4,7-8,13-15,20H,2,5-6,9-10,16-17H2,(H,31,32);2,5-6,9-12,15,17H,1,3-4,7-8,13-14,16H2,(H,30,31)/b27-26-;2*25-24-;24-23-. The van der Waals surface area contributed by atoms with Crippen molar-refractivity contribution in [1.29, 1.82) is 0 Å². The highest BCUT2D eigenvalue weighted by atomic mass is 32.2. The van der Waals surface area contributed by atoms with Crippen LogP contribution in [0, 0.1) is 53.3 Å². The Morgan fingerprint density at radius 1 is 0.269 bits per heavy atom. The summed E-state index contributed by atoms with van der Waals surface area (Å²) in [7, 11) is 0. The van der Waals surface area contributed by atoms with E-state index in [9.17, 15) is 81.8 Å². The minimum absolute atomic E-state index is 0.00399. The summed E-state index contributed by atoms with van der Waals surface area (Å²) in [5.74, 6) is 5.68. The molecule has 8 heterocycles. The van der Waals surface area contributed by atoms with Gasteiger partial charge in [0.25, 0.3) is 68.2 Å². The molecule has 4 N–H and O–H groups in total. The molecule has 0 atom stereocenters. The lowest BCUT2D eigenvalue weighted by atomic mass is 9.87. The van der Waals surface area contributed by atoms with Crippen molar-refractivity contribution in [2.75, 3.05) is 72.0 Å². The number of carboxylic acids is 4. The number of carbonyl (C=O) groups is 16. The van der Waals surface area contributed by atoms with Crippen LogP contribution in [0.5, 0.6) is 0 Å². The molecule has 8 aromatic rings. The normalized spacial score (nSPS) is 20.9. The minimum Gasteiger partial charge on any atom is -0.480 e. The first-order valence-corrected chi connectivity index (χ1v) is 52.9. The number of rotatable bonds is 19. The molecule has 5 saturated carbocycles. The van der Waals surface area contributed by atoms with Gasteiger partial charge in [0.15, 0.2) is 0 Å². The summed E-state index contributed by atoms with van der Waals surface area (Å²) in [4.78, 5) is 212. The largest absolute Gasteiger partial charge is 0.480 e. The summed E-state index contributed by atoms with van der Waals surface area (Å²) in [6.45, 7) is -0.695. The number of imide groups is 4. The molecule has 5 aliphatic carbocycles. The van der Waals surface area contributed by atoms with Crippen molar-refractivity contribution in [2.24, 2.45) is 29.6 Å². The third-order valence-electron chi connectivity index (χ3n) is 28.9. The van der Waals surface area contributed by atoms with Crippen molar-refractivity contribution in [3.8, 4) is 45.9 Å². The highest BCUT2D eigenvalue weighted by Crippen LogP contribution is 2.53. The first kappa shape index (κ1) is 101. The number of benzene rings is 8. The molecular weight excluding hydrogens is 1920 g/mol. The Kier molecular flexibility index (Phi) is 31.3. The zero-order chi connectivity index (χ0) is 101. The van der Waals surface area contributed by atoms with Crippen molar-refractivity contribution in [3.05, 3.63) is 234 Å². The molecule has 0 aromatic heterocycles. The Morgan fingerprint density at radius 2 is 0.572 bits per heavy atom. The van der Waals surface area contributed by atoms with Gasteiger partial charge in [-0.25, -0.2) is 0 Å². The monoisotopic (exact) mass is 2020 g/mol. The van der Waals surface area contributed by atoms with Gasteiger partial charge in [0.1, 0.15) is 26.2 Å². The molecule has 9 fully saturated rings. The molecule has 742 valence electrons. The Morgan fingerprint density at radius 3 is 0.966 bits per heavy atom. The van der Waals surface area contributed by atoms with Crippen molar-refractivity contribution < 1.29 is 97.1 Å². The van der Waals surface area contributed by atoms with Gasteiger partial charge in [-0.1, -0.05) is 230 Å². The van der Waals surface area contributed by atoms with Crippen molar-refractivity contribution in [2.45, 2.75) is 167 Å². The van der Waals surface area contributed by atoms with Crippen LogP contribution in [-0.4, -0.2) is 184 Å². The van der Waals surface area contributed by atoms with Gasteiger partial charge in [-0.05, 0) is 240 Å². The fraction of sp³-hybridized carbons (Fsp3) is 0.345. The Balaban J connectivity index is 0.000000127. The van der Waals surface area contributed by atoms with Crippen LogP contribution < -0.4 is 19.6 Å². The molecule has 28 nitrogen and oxygen atoms in total. The van der Waals surface area contributed by atoms with E-state index < -0.39 is 94.6 Å². The number of hydrogen-bond acceptors (Lipinski definition) is 20. The second kappa shape index (κ2) is 45.0. The van der Waals surface area contributed by atoms with E-state index in [4.69, 9.17) is 15.3 Å². The second-order valence-corrected chi connectivity index (χ2v) is 42.4. The van der Waals surface area contributed by atoms with Crippen LogP contribution in [0.1, 0.15) is 206 Å². The number of thioether (sulfide) groups is 4. The minimum atomic E-state index is -1.29. The van der Waals surface area contributed by atoms with Crippen molar-refractivity contribution in [1.82, 2.24) is 19.6 Å². The maximum absolute atomic E-state index is 13.9. The summed E-state index contributed by atoms with van der Waals surface area (Å²) in [6.07, 6.45) is 29.6. The van der Waals surface area contributed by atoms with Crippen LogP contribution in [0.2, 0.25) is 0 Å². The molecule has 0 radical (unpaired) electrons. The zero-order valence-electron chi connectivity index (χ0n) is 79.7. The van der Waals surface area contributed by atoms with E-state index in [1.54, 1.807) is 25.7 Å². The quantitative estimate of drug-likeness (QED) is 0.0431. The van der Waals surface area contributed by atoms with E-state index in [0.29, 0.717) is 156 Å². The van der Waals surface area contributed by atoms with E-state index in [1.165, 1.54) is 70.6 Å². The summed E-state index contributed by atoms with van der Waals surface area (Å²) in [6, 6.07) is 56.3. The Labute approximate surface area is 854 Å². The van der Waals surface area contributed by atoms with E-state index >= 15 is 0 Å². The highest BCUT2D eigenvalue weighted by Gasteiger charge is 2.51. The van der Waals surface area contributed by atoms with E-state index in [2.05, 4.69) is 41.9 Å². The maximum atomic E-state index is 13.9. The van der Waals surface area contributed by atoms with Crippen molar-refractivity contribution in [3.63, 3.8) is 0 Å². The molecule has 32 heteroatoms. The average Bonchev–Trinajstić information content (AvgIpc) is 1.60. The summed E-state index contributed by atoms with van der Waals surface area (Å²) in [5, 5.41) is 36.1. The first-order valence-electron chi connectivity index (χ1n) is 49.7. The SMILES string of the molecule is O=C(O)CN1C(=O)S/C(=C2\C(=O)N(CC3CCCCC3)c3ccc(-c4ccc5ccccc5c4)cc32)C1=O.O=C(O)CN1C(=O)S/C(=C2\C(=O)N(CC3CCCCC3)c3ccc(C#CC4CCCCC4)cc32)C1=O.O=C(O)CN1C(=O)S/C(=C2\C(=O)N(CC3CCCCC3)c3ccc(C#Cc4ccccc4)cc32)C1=O.O=C(O)CN1C(=O)S/C(=C2\C(=O)N(CCC3CCCCC3)c3ccc(-c4ccccc4)cc32)C1=O. The van der Waals surface area contributed by atoms with E-state index in [-0.39, 0.29) is 65.5 Å². The topological polar surface area (TPSA) is 380 Å². The van der Waals surface area contributed by atoms with Gasteiger partial charge in [0.2, 0.25) is 0 Å². The second-order valence-electron chi connectivity index (χ2n) is 38.5. The molecular formula is C113H106N8O20S4. The molecule has 8 aliphatic heterocycles. The van der Waals surface area contributed by atoms with E-state index in [0.717, 1.165) is 158 Å². The number of fused-ring (bicyclic) bond motifs is 5. The van der Waals surface area contributed by atoms with Crippen LogP contribution in [-0.2, 0) is 57.5 Å².